The Balaban J connectivity index is 1.42. The van der Waals surface area contributed by atoms with Crippen LogP contribution in [-0.2, 0) is 0 Å². The maximum Gasteiger partial charge on any atom is 0.273 e. The number of rotatable bonds is 3. The summed E-state index contributed by atoms with van der Waals surface area (Å²) < 4.78 is 1.17. The molecule has 0 saturated carbocycles. The fraction of sp³-hybridized carbons (Fsp3) is 0.227. The van der Waals surface area contributed by atoms with Crippen LogP contribution in [0.3, 0.4) is 0 Å². The van der Waals surface area contributed by atoms with Gasteiger partial charge in [-0.1, -0.05) is 42.0 Å². The number of likely N-dealkylation sites (tertiary alicyclic amines) is 1. The zero-order valence-electron chi connectivity index (χ0n) is 15.5. The minimum atomic E-state index is 0.0105. The Morgan fingerprint density at radius 2 is 1.93 bits per heavy atom. The van der Waals surface area contributed by atoms with E-state index in [1.807, 2.05) is 28.5 Å². The van der Waals surface area contributed by atoms with E-state index in [9.17, 15) is 4.79 Å². The zero-order valence-corrected chi connectivity index (χ0v) is 17.1. The summed E-state index contributed by atoms with van der Waals surface area (Å²) in [4.78, 5) is 24.6. The molecular formula is C22H19N3OS2. The third-order valence-corrected chi connectivity index (χ3v) is 7.16. The molecule has 1 aliphatic heterocycles. The second kappa shape index (κ2) is 7.11. The molecule has 2 aromatic heterocycles. The Morgan fingerprint density at radius 1 is 1.11 bits per heavy atom. The first-order chi connectivity index (χ1) is 13.7. The van der Waals surface area contributed by atoms with E-state index in [-0.39, 0.29) is 11.9 Å². The first-order valence-electron chi connectivity index (χ1n) is 9.38. The molecule has 4 nitrogen and oxygen atoms in total. The first kappa shape index (κ1) is 17.5. The number of benzene rings is 2. The number of nitrogens with zero attached hydrogens (tertiary/aromatic N) is 3. The van der Waals surface area contributed by atoms with Crippen LogP contribution in [-0.4, -0.2) is 27.3 Å². The molecule has 0 radical (unpaired) electrons. The molecule has 28 heavy (non-hydrogen) atoms. The average molecular weight is 406 g/mol. The monoisotopic (exact) mass is 405 g/mol. The summed E-state index contributed by atoms with van der Waals surface area (Å²) in [7, 11) is 0. The van der Waals surface area contributed by atoms with Crippen molar-refractivity contribution >= 4 is 38.8 Å². The summed E-state index contributed by atoms with van der Waals surface area (Å²) in [5.41, 5.74) is 3.82. The van der Waals surface area contributed by atoms with Crippen LogP contribution in [0.5, 0.6) is 0 Å². The van der Waals surface area contributed by atoms with Gasteiger partial charge in [0, 0.05) is 17.5 Å². The largest absolute Gasteiger partial charge is 0.328 e. The smallest absolute Gasteiger partial charge is 0.273 e. The van der Waals surface area contributed by atoms with Gasteiger partial charge in [-0.3, -0.25) is 4.79 Å². The van der Waals surface area contributed by atoms with Gasteiger partial charge in [0.25, 0.3) is 5.91 Å². The van der Waals surface area contributed by atoms with Gasteiger partial charge >= 0.3 is 0 Å². The highest BCUT2D eigenvalue weighted by atomic mass is 32.1. The molecule has 0 spiro atoms. The highest BCUT2D eigenvalue weighted by molar-refractivity contribution is 7.18. The molecule has 1 atom stereocenters. The summed E-state index contributed by atoms with van der Waals surface area (Å²) in [6, 6.07) is 16.5. The van der Waals surface area contributed by atoms with E-state index in [2.05, 4.69) is 42.2 Å². The van der Waals surface area contributed by atoms with Crippen LogP contribution in [0.2, 0.25) is 0 Å². The van der Waals surface area contributed by atoms with Crippen molar-refractivity contribution in [2.24, 2.45) is 0 Å². The molecular weight excluding hydrogens is 386 g/mol. The van der Waals surface area contributed by atoms with Crippen LogP contribution < -0.4 is 0 Å². The van der Waals surface area contributed by atoms with Crippen LogP contribution in [0.1, 0.15) is 39.9 Å². The molecule has 1 aliphatic rings. The van der Waals surface area contributed by atoms with Crippen LogP contribution in [0.15, 0.2) is 53.9 Å². The molecule has 6 heteroatoms. The maximum absolute atomic E-state index is 13.2. The van der Waals surface area contributed by atoms with E-state index < -0.39 is 0 Å². The van der Waals surface area contributed by atoms with E-state index in [1.165, 1.54) is 21.6 Å². The number of carbonyl (C=O) groups is 1. The van der Waals surface area contributed by atoms with Crippen molar-refractivity contribution in [1.82, 2.24) is 14.9 Å². The summed E-state index contributed by atoms with van der Waals surface area (Å²) >= 11 is 3.22. The molecule has 0 bridgehead atoms. The van der Waals surface area contributed by atoms with Crippen molar-refractivity contribution in [3.8, 4) is 10.6 Å². The molecule has 1 fully saturated rings. The summed E-state index contributed by atoms with van der Waals surface area (Å²) in [5.74, 6) is 0.0105. The maximum atomic E-state index is 13.2. The van der Waals surface area contributed by atoms with E-state index in [0.717, 1.165) is 40.5 Å². The lowest BCUT2D eigenvalue weighted by atomic mass is 10.2. The number of aromatic nitrogens is 2. The minimum absolute atomic E-state index is 0.0105. The topological polar surface area (TPSA) is 46.1 Å². The normalized spacial score (nSPS) is 16.8. The molecule has 2 aromatic carbocycles. The number of amides is 1. The van der Waals surface area contributed by atoms with E-state index in [0.29, 0.717) is 5.69 Å². The average Bonchev–Trinajstić information content (AvgIpc) is 3.46. The fourth-order valence-electron chi connectivity index (χ4n) is 3.65. The van der Waals surface area contributed by atoms with Crippen molar-refractivity contribution < 1.29 is 4.79 Å². The van der Waals surface area contributed by atoms with Crippen LogP contribution >= 0.6 is 22.7 Å². The molecule has 1 saturated heterocycles. The quantitative estimate of drug-likeness (QED) is 0.439. The molecule has 1 amide bonds. The van der Waals surface area contributed by atoms with Crippen molar-refractivity contribution in [2.75, 3.05) is 6.54 Å². The van der Waals surface area contributed by atoms with E-state index in [1.54, 1.807) is 11.3 Å². The lowest BCUT2D eigenvalue weighted by molar-refractivity contribution is 0.0730. The van der Waals surface area contributed by atoms with E-state index >= 15 is 0 Å². The number of aryl methyl sites for hydroxylation is 1. The lowest BCUT2D eigenvalue weighted by Crippen LogP contribution is -2.30. The van der Waals surface area contributed by atoms with Gasteiger partial charge in [0.2, 0.25) is 0 Å². The number of hydrogen-bond donors (Lipinski definition) is 0. The standard InChI is InChI=1S/C22H19N3OS2/c1-14-8-10-15(11-9-14)20-24-17(13-27-20)22(26)25-12-4-6-18(25)21-23-16-5-2-3-7-19(16)28-21/h2-3,5,7-11,13,18H,4,6,12H2,1H3/t18-/m1/s1. The summed E-state index contributed by atoms with van der Waals surface area (Å²) in [6.07, 6.45) is 1.96. The predicted molar refractivity (Wildman–Crippen MR) is 115 cm³/mol. The van der Waals surface area contributed by atoms with Gasteiger partial charge in [-0.05, 0) is 31.9 Å². The summed E-state index contributed by atoms with van der Waals surface area (Å²) in [5, 5.41) is 3.80. The zero-order chi connectivity index (χ0) is 19.1. The molecule has 140 valence electrons. The third-order valence-electron chi connectivity index (χ3n) is 5.13. The number of fused-ring (bicyclic) bond motifs is 1. The van der Waals surface area contributed by atoms with Gasteiger partial charge in [0.05, 0.1) is 16.3 Å². The van der Waals surface area contributed by atoms with Gasteiger partial charge in [-0.2, -0.15) is 0 Å². The summed E-state index contributed by atoms with van der Waals surface area (Å²) in [6.45, 7) is 2.83. The second-order valence-corrected chi connectivity index (χ2v) is 9.00. The second-order valence-electron chi connectivity index (χ2n) is 7.08. The van der Waals surface area contributed by atoms with Crippen LogP contribution in [0.25, 0.3) is 20.8 Å². The van der Waals surface area contributed by atoms with E-state index in [4.69, 9.17) is 4.98 Å². The van der Waals surface area contributed by atoms with Crippen molar-refractivity contribution in [2.45, 2.75) is 25.8 Å². The Labute approximate surface area is 171 Å². The van der Waals surface area contributed by atoms with Gasteiger partial charge < -0.3 is 4.90 Å². The highest BCUT2D eigenvalue weighted by Gasteiger charge is 2.33. The third kappa shape index (κ3) is 3.12. The number of carbonyl (C=O) groups excluding carboxylic acids is 1. The molecule has 0 aliphatic carbocycles. The SMILES string of the molecule is Cc1ccc(-c2nc(C(=O)N3CCC[C@@H]3c3nc4ccccc4s3)cs2)cc1. The number of para-hydroxylation sites is 1. The lowest BCUT2D eigenvalue weighted by Gasteiger charge is -2.22. The minimum Gasteiger partial charge on any atom is -0.328 e. The molecule has 4 aromatic rings. The fourth-order valence-corrected chi connectivity index (χ4v) is 5.56. The highest BCUT2D eigenvalue weighted by Crippen LogP contribution is 2.37. The van der Waals surface area contributed by atoms with Gasteiger partial charge in [-0.15, -0.1) is 22.7 Å². The number of hydrogen-bond acceptors (Lipinski definition) is 5. The van der Waals surface area contributed by atoms with Crippen molar-refractivity contribution in [3.63, 3.8) is 0 Å². The Morgan fingerprint density at radius 3 is 2.75 bits per heavy atom. The molecule has 0 N–H and O–H groups in total. The van der Waals surface area contributed by atoms with Gasteiger partial charge in [0.15, 0.2) is 0 Å². The van der Waals surface area contributed by atoms with Crippen LogP contribution in [0.4, 0.5) is 0 Å². The Bertz CT molecular complexity index is 1110. The Hall–Kier alpha value is -2.57. The number of thiazole rings is 2. The molecule has 3 heterocycles. The molecule has 0 unspecified atom stereocenters. The van der Waals surface area contributed by atoms with Crippen molar-refractivity contribution in [1.29, 1.82) is 0 Å². The van der Waals surface area contributed by atoms with Gasteiger partial charge in [-0.25, -0.2) is 9.97 Å². The van der Waals surface area contributed by atoms with Crippen LogP contribution in [0, 0.1) is 6.92 Å². The Kier molecular flexibility index (Phi) is 4.45. The van der Waals surface area contributed by atoms with Crippen molar-refractivity contribution in [3.05, 3.63) is 70.2 Å². The predicted octanol–water partition coefficient (Wildman–Crippen LogP) is 5.71. The van der Waals surface area contributed by atoms with Gasteiger partial charge in [0.1, 0.15) is 15.7 Å². The molecule has 5 rings (SSSR count). The first-order valence-corrected chi connectivity index (χ1v) is 11.1.